The molecule has 2 aromatic rings. The number of aromatic nitrogens is 2. The number of rotatable bonds is 1. The second-order valence-electron chi connectivity index (χ2n) is 4.32. The Morgan fingerprint density at radius 3 is 3.00 bits per heavy atom. The van der Waals surface area contributed by atoms with Crippen molar-refractivity contribution in [3.8, 4) is 0 Å². The molecule has 1 atom stereocenters. The van der Waals surface area contributed by atoms with Gasteiger partial charge in [0.1, 0.15) is 0 Å². The minimum atomic E-state index is 0.359. The van der Waals surface area contributed by atoms with Crippen LogP contribution < -0.4 is 11.1 Å². The maximum Gasteiger partial charge on any atom is 0.220 e. The fourth-order valence-corrected chi connectivity index (χ4v) is 2.69. The summed E-state index contributed by atoms with van der Waals surface area (Å²) < 4.78 is 1.01. The highest BCUT2D eigenvalue weighted by Gasteiger charge is 2.21. The number of nitrogens with zero attached hydrogens (tertiary/aromatic N) is 2. The summed E-state index contributed by atoms with van der Waals surface area (Å²) in [4.78, 5) is 8.71. The minimum Gasteiger partial charge on any atom is -0.368 e. The SMILES string of the molecule is Nc1nc(C2CCNC2)c2ccc(Br)cc2n1. The molecule has 0 radical (unpaired) electrons. The number of nitrogens with two attached hydrogens (primary N) is 1. The van der Waals surface area contributed by atoms with E-state index in [4.69, 9.17) is 5.73 Å². The molecule has 1 saturated heterocycles. The van der Waals surface area contributed by atoms with Gasteiger partial charge in [-0.05, 0) is 31.2 Å². The van der Waals surface area contributed by atoms with Gasteiger partial charge in [0.2, 0.25) is 5.95 Å². The van der Waals surface area contributed by atoms with E-state index in [1.807, 2.05) is 12.1 Å². The van der Waals surface area contributed by atoms with E-state index >= 15 is 0 Å². The third-order valence-corrected chi connectivity index (χ3v) is 3.65. The van der Waals surface area contributed by atoms with Gasteiger partial charge in [0.25, 0.3) is 0 Å². The van der Waals surface area contributed by atoms with E-state index in [9.17, 15) is 0 Å². The van der Waals surface area contributed by atoms with Gasteiger partial charge in [-0.1, -0.05) is 15.9 Å². The topological polar surface area (TPSA) is 63.8 Å². The molecule has 88 valence electrons. The van der Waals surface area contributed by atoms with Gasteiger partial charge >= 0.3 is 0 Å². The minimum absolute atomic E-state index is 0.359. The summed E-state index contributed by atoms with van der Waals surface area (Å²) in [5, 5.41) is 4.46. The predicted molar refractivity (Wildman–Crippen MR) is 71.9 cm³/mol. The highest BCUT2D eigenvalue weighted by molar-refractivity contribution is 9.10. The predicted octanol–water partition coefficient (Wildman–Crippen LogP) is 2.05. The normalized spacial score (nSPS) is 19.9. The van der Waals surface area contributed by atoms with Crippen molar-refractivity contribution in [3.63, 3.8) is 0 Å². The summed E-state index contributed by atoms with van der Waals surface area (Å²) in [6.45, 7) is 2.02. The highest BCUT2D eigenvalue weighted by atomic mass is 79.9. The number of nitrogen functional groups attached to an aromatic ring is 1. The van der Waals surface area contributed by atoms with Crippen molar-refractivity contribution >= 4 is 32.8 Å². The first-order valence-corrected chi connectivity index (χ1v) is 6.47. The number of benzene rings is 1. The van der Waals surface area contributed by atoms with Gasteiger partial charge in [-0.2, -0.15) is 0 Å². The second kappa shape index (κ2) is 4.23. The molecule has 1 aromatic heterocycles. The van der Waals surface area contributed by atoms with E-state index in [1.54, 1.807) is 0 Å². The molecule has 0 amide bonds. The number of nitrogens with one attached hydrogen (secondary N) is 1. The van der Waals surface area contributed by atoms with Gasteiger partial charge in [-0.3, -0.25) is 0 Å². The lowest BCUT2D eigenvalue weighted by molar-refractivity contribution is 0.742. The van der Waals surface area contributed by atoms with E-state index < -0.39 is 0 Å². The Bertz CT molecular complexity index is 558. The monoisotopic (exact) mass is 292 g/mol. The smallest absolute Gasteiger partial charge is 0.220 e. The van der Waals surface area contributed by atoms with Crippen LogP contribution in [-0.2, 0) is 0 Å². The third kappa shape index (κ3) is 2.00. The van der Waals surface area contributed by atoms with Crippen LogP contribution in [0.4, 0.5) is 5.95 Å². The van der Waals surface area contributed by atoms with Crippen molar-refractivity contribution in [2.45, 2.75) is 12.3 Å². The number of halogens is 1. The molecule has 1 aliphatic rings. The molecular weight excluding hydrogens is 280 g/mol. The molecule has 1 fully saturated rings. The molecule has 3 N–H and O–H groups in total. The van der Waals surface area contributed by atoms with Crippen LogP contribution in [0.25, 0.3) is 10.9 Å². The zero-order chi connectivity index (χ0) is 11.8. The van der Waals surface area contributed by atoms with E-state index in [0.29, 0.717) is 11.9 Å². The van der Waals surface area contributed by atoms with Crippen LogP contribution in [0.2, 0.25) is 0 Å². The van der Waals surface area contributed by atoms with Crippen LogP contribution in [0, 0.1) is 0 Å². The van der Waals surface area contributed by atoms with Gasteiger partial charge in [0, 0.05) is 22.3 Å². The molecule has 1 unspecified atom stereocenters. The number of hydrogen-bond acceptors (Lipinski definition) is 4. The lowest BCUT2D eigenvalue weighted by Gasteiger charge is -2.11. The van der Waals surface area contributed by atoms with Gasteiger partial charge in [-0.25, -0.2) is 9.97 Å². The molecule has 3 rings (SSSR count). The van der Waals surface area contributed by atoms with Crippen molar-refractivity contribution in [2.75, 3.05) is 18.8 Å². The Morgan fingerprint density at radius 2 is 2.24 bits per heavy atom. The molecule has 17 heavy (non-hydrogen) atoms. The second-order valence-corrected chi connectivity index (χ2v) is 5.23. The maximum atomic E-state index is 5.78. The fraction of sp³-hybridized carbons (Fsp3) is 0.333. The average molecular weight is 293 g/mol. The van der Waals surface area contributed by atoms with Crippen molar-refractivity contribution < 1.29 is 0 Å². The van der Waals surface area contributed by atoms with Crippen LogP contribution in [-0.4, -0.2) is 23.1 Å². The molecule has 0 aliphatic carbocycles. The Morgan fingerprint density at radius 1 is 1.35 bits per heavy atom. The first-order chi connectivity index (χ1) is 8.24. The Balaban J connectivity index is 2.21. The Hall–Kier alpha value is -1.20. The number of anilines is 1. The summed E-state index contributed by atoms with van der Waals surface area (Å²) in [5.41, 5.74) is 7.77. The third-order valence-electron chi connectivity index (χ3n) is 3.15. The van der Waals surface area contributed by atoms with Crippen molar-refractivity contribution in [1.82, 2.24) is 15.3 Å². The van der Waals surface area contributed by atoms with E-state index in [1.165, 1.54) is 0 Å². The van der Waals surface area contributed by atoms with Crippen molar-refractivity contribution in [2.24, 2.45) is 0 Å². The largest absolute Gasteiger partial charge is 0.368 e. The lowest BCUT2D eigenvalue weighted by Crippen LogP contribution is -2.10. The standard InChI is InChI=1S/C12H13BrN4/c13-8-1-2-9-10(5-8)16-12(14)17-11(9)7-3-4-15-6-7/h1-2,5,7,15H,3-4,6H2,(H2,14,16,17). The van der Waals surface area contributed by atoms with Gasteiger partial charge < -0.3 is 11.1 Å². The van der Waals surface area contributed by atoms with Crippen molar-refractivity contribution in [3.05, 3.63) is 28.4 Å². The van der Waals surface area contributed by atoms with Gasteiger partial charge in [-0.15, -0.1) is 0 Å². The zero-order valence-electron chi connectivity index (χ0n) is 9.28. The molecule has 5 heteroatoms. The van der Waals surface area contributed by atoms with Crippen LogP contribution in [0.1, 0.15) is 18.0 Å². The van der Waals surface area contributed by atoms with E-state index in [-0.39, 0.29) is 0 Å². The average Bonchev–Trinajstić information content (AvgIpc) is 2.80. The fourth-order valence-electron chi connectivity index (χ4n) is 2.35. The van der Waals surface area contributed by atoms with Crippen molar-refractivity contribution in [1.29, 1.82) is 0 Å². The van der Waals surface area contributed by atoms with Crippen LogP contribution >= 0.6 is 15.9 Å². The van der Waals surface area contributed by atoms with Crippen LogP contribution in [0.3, 0.4) is 0 Å². The molecule has 0 bridgehead atoms. The quantitative estimate of drug-likeness (QED) is 0.844. The van der Waals surface area contributed by atoms with E-state index in [0.717, 1.165) is 40.6 Å². The Labute approximate surface area is 108 Å². The lowest BCUT2D eigenvalue weighted by atomic mass is 10.0. The zero-order valence-corrected chi connectivity index (χ0v) is 10.9. The van der Waals surface area contributed by atoms with E-state index in [2.05, 4.69) is 37.3 Å². The van der Waals surface area contributed by atoms with Gasteiger partial charge in [0.15, 0.2) is 0 Å². The molecular formula is C12H13BrN4. The maximum absolute atomic E-state index is 5.78. The van der Waals surface area contributed by atoms with Crippen LogP contribution in [0.15, 0.2) is 22.7 Å². The van der Waals surface area contributed by atoms with Gasteiger partial charge in [0.05, 0.1) is 11.2 Å². The summed E-state index contributed by atoms with van der Waals surface area (Å²) in [6, 6.07) is 6.07. The number of fused-ring (bicyclic) bond motifs is 1. The summed E-state index contributed by atoms with van der Waals surface area (Å²) in [6.07, 6.45) is 1.11. The molecule has 0 saturated carbocycles. The van der Waals surface area contributed by atoms with Crippen LogP contribution in [0.5, 0.6) is 0 Å². The molecule has 2 heterocycles. The summed E-state index contributed by atoms with van der Waals surface area (Å²) in [7, 11) is 0. The Kier molecular flexibility index (Phi) is 2.72. The molecule has 0 spiro atoms. The number of hydrogen-bond donors (Lipinski definition) is 2. The highest BCUT2D eigenvalue weighted by Crippen LogP contribution is 2.29. The summed E-state index contributed by atoms with van der Waals surface area (Å²) in [5.74, 6) is 0.807. The first kappa shape index (κ1) is 10.9. The molecule has 1 aliphatic heterocycles. The summed E-state index contributed by atoms with van der Waals surface area (Å²) >= 11 is 3.45. The molecule has 4 nitrogen and oxygen atoms in total. The molecule has 1 aromatic carbocycles. The first-order valence-electron chi connectivity index (χ1n) is 5.67.